The van der Waals surface area contributed by atoms with E-state index in [1.807, 2.05) is 24.3 Å². The Balaban J connectivity index is 1.55. The molecular weight excluding hydrogens is 610 g/mol. The number of ether oxygens (including phenoxy) is 4. The van der Waals surface area contributed by atoms with E-state index in [0.717, 1.165) is 35.8 Å². The number of aromatic nitrogens is 5. The number of hydrogen-bond donors (Lipinski definition) is 0. The third kappa shape index (κ3) is 5.91. The Morgan fingerprint density at radius 1 is 1.07 bits per heavy atom. The number of rotatable bonds is 9. The lowest BCUT2D eigenvalue weighted by atomic mass is 10.0. The third-order valence-electron chi connectivity index (χ3n) is 8.68. The Kier molecular flexibility index (Phi) is 8.45. The normalized spacial score (nSPS) is 20.6. The summed E-state index contributed by atoms with van der Waals surface area (Å²) in [6.07, 6.45) is 6.21. The van der Waals surface area contributed by atoms with Gasteiger partial charge in [0, 0.05) is 11.1 Å². The fourth-order valence-electron chi connectivity index (χ4n) is 6.46. The number of carbonyl (C=O) groups excluding carboxylic acids is 1. The van der Waals surface area contributed by atoms with Crippen LogP contribution in [0.4, 0.5) is 0 Å². The van der Waals surface area contributed by atoms with Crippen LogP contribution in [0.15, 0.2) is 46.2 Å². The van der Waals surface area contributed by atoms with E-state index in [0.29, 0.717) is 26.5 Å². The number of para-hydroxylation sites is 1. The van der Waals surface area contributed by atoms with Crippen molar-refractivity contribution in [1.82, 2.24) is 24.1 Å². The Morgan fingerprint density at radius 3 is 2.35 bits per heavy atom. The summed E-state index contributed by atoms with van der Waals surface area (Å²) in [6.45, 7) is 10.1. The molecule has 2 aliphatic heterocycles. The van der Waals surface area contributed by atoms with Gasteiger partial charge >= 0.3 is 11.7 Å². The molecule has 246 valence electrons. The quantitative estimate of drug-likeness (QED) is 0.237. The maximum absolute atomic E-state index is 14.6. The highest BCUT2D eigenvalue weighted by molar-refractivity contribution is 7.21. The van der Waals surface area contributed by atoms with Crippen LogP contribution in [0.5, 0.6) is 5.75 Å². The van der Waals surface area contributed by atoms with Gasteiger partial charge in [0.05, 0.1) is 49.7 Å². The van der Waals surface area contributed by atoms with E-state index in [1.54, 1.807) is 51.8 Å². The molecule has 4 aromatic rings. The molecule has 6 rings (SSSR count). The zero-order chi connectivity index (χ0) is 33.0. The van der Waals surface area contributed by atoms with Gasteiger partial charge in [-0.05, 0) is 73.3 Å². The van der Waals surface area contributed by atoms with Crippen LogP contribution in [0, 0.1) is 6.92 Å². The largest absolute Gasteiger partial charge is 0.496 e. The number of aryl methyl sites for hydroxylation is 1. The Bertz CT molecular complexity index is 1860. The maximum atomic E-state index is 14.6. The van der Waals surface area contributed by atoms with Gasteiger partial charge in [-0.25, -0.2) is 14.2 Å². The van der Waals surface area contributed by atoms with Crippen molar-refractivity contribution in [3.05, 3.63) is 68.6 Å². The number of hydrogen-bond acceptors (Lipinski definition) is 10. The molecule has 2 aliphatic rings. The molecule has 4 atom stereocenters. The van der Waals surface area contributed by atoms with Crippen molar-refractivity contribution in [2.24, 2.45) is 0 Å². The topological polar surface area (TPSA) is 129 Å². The van der Waals surface area contributed by atoms with Crippen molar-refractivity contribution >= 4 is 27.5 Å². The molecule has 2 fully saturated rings. The number of nitrogens with zero attached hydrogens (tertiary/aromatic N) is 5. The minimum absolute atomic E-state index is 0.0546. The monoisotopic (exact) mass is 651 g/mol. The number of esters is 1. The zero-order valence-electron chi connectivity index (χ0n) is 27.3. The molecule has 0 N–H and O–H groups in total. The summed E-state index contributed by atoms with van der Waals surface area (Å²) in [5, 5.41) is 9.46. The summed E-state index contributed by atoms with van der Waals surface area (Å²) in [5.41, 5.74) is -2.32. The maximum Gasteiger partial charge on any atom is 0.333 e. The summed E-state index contributed by atoms with van der Waals surface area (Å²) >= 11 is 1.24. The van der Waals surface area contributed by atoms with Crippen LogP contribution in [-0.4, -0.2) is 61.1 Å². The highest BCUT2D eigenvalue weighted by Crippen LogP contribution is 2.39. The van der Waals surface area contributed by atoms with E-state index in [4.69, 9.17) is 18.9 Å². The highest BCUT2D eigenvalue weighted by Gasteiger charge is 2.40. The van der Waals surface area contributed by atoms with Crippen molar-refractivity contribution < 1.29 is 23.7 Å². The molecule has 13 heteroatoms. The van der Waals surface area contributed by atoms with E-state index < -0.39 is 34.5 Å². The first-order valence-corrected chi connectivity index (χ1v) is 16.4. The molecule has 46 heavy (non-hydrogen) atoms. The Morgan fingerprint density at radius 2 is 1.72 bits per heavy atom. The fraction of sp³-hybridized carbons (Fsp3) is 0.545. The second-order valence-corrected chi connectivity index (χ2v) is 14.5. The summed E-state index contributed by atoms with van der Waals surface area (Å²) in [7, 11) is 1.60. The molecular formula is C33H41N5O7S. The molecule has 1 aromatic carbocycles. The molecule has 12 nitrogen and oxygen atoms in total. The van der Waals surface area contributed by atoms with E-state index in [9.17, 15) is 14.4 Å². The molecule has 2 bridgehead atoms. The fourth-order valence-corrected chi connectivity index (χ4v) is 7.68. The van der Waals surface area contributed by atoms with Gasteiger partial charge in [-0.15, -0.1) is 4.80 Å². The van der Waals surface area contributed by atoms with Gasteiger partial charge in [0.15, 0.2) is 0 Å². The van der Waals surface area contributed by atoms with Crippen LogP contribution in [-0.2, 0) is 31.1 Å². The predicted octanol–water partition coefficient (Wildman–Crippen LogP) is 4.67. The molecule has 0 aliphatic carbocycles. The third-order valence-corrected chi connectivity index (χ3v) is 9.96. The van der Waals surface area contributed by atoms with E-state index >= 15 is 0 Å². The van der Waals surface area contributed by atoms with Gasteiger partial charge in [-0.1, -0.05) is 29.5 Å². The Hall–Kier alpha value is -3.81. The minimum atomic E-state index is -1.63. The van der Waals surface area contributed by atoms with Crippen LogP contribution in [0.1, 0.15) is 77.5 Å². The molecule has 2 saturated heterocycles. The lowest BCUT2D eigenvalue weighted by Crippen LogP contribution is -2.54. The molecule has 0 unspecified atom stereocenters. The molecule has 0 radical (unpaired) electrons. The number of carbonyl (C=O) groups is 1. The van der Waals surface area contributed by atoms with Gasteiger partial charge in [0.25, 0.3) is 5.56 Å². The van der Waals surface area contributed by atoms with Crippen molar-refractivity contribution in [1.29, 1.82) is 0 Å². The highest BCUT2D eigenvalue weighted by atomic mass is 32.1. The summed E-state index contributed by atoms with van der Waals surface area (Å²) in [6, 6.07) is 7.58. The molecule has 0 spiro atoms. The second-order valence-electron chi connectivity index (χ2n) is 13.5. The minimum Gasteiger partial charge on any atom is -0.496 e. The van der Waals surface area contributed by atoms with Crippen LogP contribution in [0.3, 0.4) is 0 Å². The summed E-state index contributed by atoms with van der Waals surface area (Å²) in [5.74, 6) is -0.0693. The number of methoxy groups -OCH3 is 1. The van der Waals surface area contributed by atoms with Crippen molar-refractivity contribution in [2.45, 2.75) is 109 Å². The SMILES string of the molecule is COc1ccccc1[C@H](Cn1c(=O)n(C(C)(C)C(=O)OC(C)(C)C)c(=O)c2c(C)c(-n3nccn3)sc21)O[C@@H]1C[C@H]2CC[C@@H](C1)O2. The van der Waals surface area contributed by atoms with Gasteiger partial charge in [0.1, 0.15) is 32.8 Å². The van der Waals surface area contributed by atoms with Gasteiger partial charge in [0.2, 0.25) is 0 Å². The first-order chi connectivity index (χ1) is 21.8. The van der Waals surface area contributed by atoms with Gasteiger partial charge in [-0.3, -0.25) is 9.36 Å². The molecule has 0 saturated carbocycles. The lowest BCUT2D eigenvalue weighted by molar-refractivity contribution is -0.164. The molecule has 0 amide bonds. The number of thiophene rings is 1. The summed E-state index contributed by atoms with van der Waals surface area (Å²) in [4.78, 5) is 44.4. The summed E-state index contributed by atoms with van der Waals surface area (Å²) < 4.78 is 26.9. The first kappa shape index (κ1) is 32.1. The van der Waals surface area contributed by atoms with Crippen LogP contribution in [0.2, 0.25) is 0 Å². The number of fused-ring (bicyclic) bond motifs is 3. The number of benzene rings is 1. The van der Waals surface area contributed by atoms with E-state index in [-0.39, 0.29) is 24.9 Å². The average Bonchev–Trinajstić information content (AvgIpc) is 3.72. The Labute approximate surface area is 270 Å². The van der Waals surface area contributed by atoms with Crippen molar-refractivity contribution in [3.63, 3.8) is 0 Å². The standard InChI is InChI=1S/C33H41N5O7S/c1-19-26-27(39)37(33(5,6)30(40)45-32(2,3)4)31(41)36(29(26)46-28(19)38-34-14-15-35-38)18-25(23-10-8-9-11-24(23)42-7)44-22-16-20-12-13-21(17-22)43-20/h8-11,14-15,20-22,25H,12-13,16-18H2,1-7H3/t20-,21+,22-,25-/m0/s1. The van der Waals surface area contributed by atoms with E-state index in [2.05, 4.69) is 10.2 Å². The lowest BCUT2D eigenvalue weighted by Gasteiger charge is -2.33. The van der Waals surface area contributed by atoms with Crippen LogP contribution >= 0.6 is 11.3 Å². The van der Waals surface area contributed by atoms with E-state index in [1.165, 1.54) is 30.0 Å². The van der Waals surface area contributed by atoms with Gasteiger partial charge < -0.3 is 18.9 Å². The molecule has 5 heterocycles. The second kappa shape index (κ2) is 12.1. The smallest absolute Gasteiger partial charge is 0.333 e. The van der Waals surface area contributed by atoms with Crippen LogP contribution in [0.25, 0.3) is 15.2 Å². The zero-order valence-corrected chi connectivity index (χ0v) is 28.1. The van der Waals surface area contributed by atoms with Crippen molar-refractivity contribution in [3.8, 4) is 10.8 Å². The van der Waals surface area contributed by atoms with Crippen LogP contribution < -0.4 is 16.0 Å². The molecule has 3 aromatic heterocycles. The van der Waals surface area contributed by atoms with Crippen molar-refractivity contribution in [2.75, 3.05) is 7.11 Å². The predicted molar refractivity (Wildman–Crippen MR) is 173 cm³/mol. The average molecular weight is 652 g/mol. The first-order valence-electron chi connectivity index (χ1n) is 15.6. The van der Waals surface area contributed by atoms with Gasteiger partial charge in [-0.2, -0.15) is 10.2 Å².